The molecule has 1 saturated heterocycles. The SMILES string of the molecule is Nc1ccn(-c2cccc(CCN3C[C@@H]4C(N)[C@@H]4C3)c2)c(=O)n1. The van der Waals surface area contributed by atoms with Crippen molar-refractivity contribution in [2.45, 2.75) is 12.5 Å². The van der Waals surface area contributed by atoms with Crippen LogP contribution in [0.4, 0.5) is 5.82 Å². The van der Waals surface area contributed by atoms with Crippen molar-refractivity contribution in [2.24, 2.45) is 17.6 Å². The maximum atomic E-state index is 11.9. The van der Waals surface area contributed by atoms with Crippen LogP contribution in [0.25, 0.3) is 5.69 Å². The number of likely N-dealkylation sites (tertiary alicyclic amines) is 1. The summed E-state index contributed by atoms with van der Waals surface area (Å²) in [6, 6.07) is 10.1. The molecule has 0 amide bonds. The predicted octanol–water partition coefficient (Wildman–Crippen LogP) is 0.246. The standard InChI is InChI=1S/C17H21N5O/c18-15-5-7-22(17(23)20-15)12-3-1-2-11(8-12)4-6-21-9-13-14(10-21)16(13)19/h1-3,5,7-8,13-14,16H,4,6,9-10,19H2,(H2,18,20,23)/t13-,14+,16?. The Labute approximate surface area is 134 Å². The second-order valence-electron chi connectivity index (χ2n) is 6.59. The third-order valence-electron chi connectivity index (χ3n) is 5.07. The van der Waals surface area contributed by atoms with Crippen LogP contribution >= 0.6 is 0 Å². The molecule has 120 valence electrons. The second-order valence-corrected chi connectivity index (χ2v) is 6.59. The van der Waals surface area contributed by atoms with Crippen LogP contribution in [0, 0.1) is 11.8 Å². The number of rotatable bonds is 4. The summed E-state index contributed by atoms with van der Waals surface area (Å²) in [4.78, 5) is 18.2. The van der Waals surface area contributed by atoms with Gasteiger partial charge in [0.25, 0.3) is 0 Å². The number of benzene rings is 1. The molecule has 0 radical (unpaired) electrons. The van der Waals surface area contributed by atoms with Crippen LogP contribution in [0.3, 0.4) is 0 Å². The molecule has 1 aliphatic heterocycles. The average Bonchev–Trinajstić information content (AvgIpc) is 2.96. The topological polar surface area (TPSA) is 90.2 Å². The van der Waals surface area contributed by atoms with Gasteiger partial charge in [-0.15, -0.1) is 0 Å². The molecule has 1 unspecified atom stereocenters. The van der Waals surface area contributed by atoms with Crippen molar-refractivity contribution in [3.8, 4) is 5.69 Å². The average molecular weight is 311 g/mol. The highest BCUT2D eigenvalue weighted by molar-refractivity contribution is 5.37. The summed E-state index contributed by atoms with van der Waals surface area (Å²) < 4.78 is 1.52. The molecule has 4 rings (SSSR count). The monoisotopic (exact) mass is 311 g/mol. The van der Waals surface area contributed by atoms with Crippen LogP contribution in [0.1, 0.15) is 5.56 Å². The smallest absolute Gasteiger partial charge is 0.354 e. The molecular weight excluding hydrogens is 290 g/mol. The number of piperidine rings is 1. The van der Waals surface area contributed by atoms with Crippen molar-refractivity contribution >= 4 is 5.82 Å². The van der Waals surface area contributed by atoms with Gasteiger partial charge in [-0.05, 0) is 42.0 Å². The van der Waals surface area contributed by atoms with Crippen LogP contribution in [0.15, 0.2) is 41.3 Å². The summed E-state index contributed by atoms with van der Waals surface area (Å²) in [5, 5.41) is 0. The summed E-state index contributed by atoms with van der Waals surface area (Å²) >= 11 is 0. The first kappa shape index (κ1) is 14.4. The Balaban J connectivity index is 1.45. The van der Waals surface area contributed by atoms with E-state index in [9.17, 15) is 4.79 Å². The highest BCUT2D eigenvalue weighted by atomic mass is 16.1. The predicted molar refractivity (Wildman–Crippen MR) is 89.3 cm³/mol. The third-order valence-corrected chi connectivity index (χ3v) is 5.07. The van der Waals surface area contributed by atoms with Crippen molar-refractivity contribution in [1.82, 2.24) is 14.5 Å². The molecule has 0 bridgehead atoms. The van der Waals surface area contributed by atoms with Gasteiger partial charge in [0.05, 0.1) is 5.69 Å². The molecule has 1 aromatic heterocycles. The van der Waals surface area contributed by atoms with Crippen molar-refractivity contribution < 1.29 is 0 Å². The Morgan fingerprint density at radius 2 is 2.00 bits per heavy atom. The Morgan fingerprint density at radius 3 is 2.74 bits per heavy atom. The van der Waals surface area contributed by atoms with Gasteiger partial charge in [0.2, 0.25) is 0 Å². The van der Waals surface area contributed by atoms with E-state index < -0.39 is 0 Å². The number of nitrogens with zero attached hydrogens (tertiary/aromatic N) is 3. The Kier molecular flexibility index (Phi) is 3.43. The van der Waals surface area contributed by atoms with Gasteiger partial charge >= 0.3 is 5.69 Å². The van der Waals surface area contributed by atoms with Gasteiger partial charge in [0.1, 0.15) is 5.82 Å². The van der Waals surface area contributed by atoms with Gasteiger partial charge in [-0.3, -0.25) is 4.57 Å². The molecule has 2 aliphatic rings. The number of nitrogens with two attached hydrogens (primary N) is 2. The fourth-order valence-corrected chi connectivity index (χ4v) is 3.60. The maximum absolute atomic E-state index is 11.9. The van der Waals surface area contributed by atoms with E-state index in [1.165, 1.54) is 10.1 Å². The summed E-state index contributed by atoms with van der Waals surface area (Å²) in [6.07, 6.45) is 2.64. The molecule has 4 N–H and O–H groups in total. The lowest BCUT2D eigenvalue weighted by Crippen LogP contribution is -2.30. The highest BCUT2D eigenvalue weighted by Gasteiger charge is 2.53. The molecule has 2 aromatic rings. The van der Waals surface area contributed by atoms with E-state index in [0.717, 1.165) is 43.6 Å². The number of fused-ring (bicyclic) bond motifs is 1. The minimum atomic E-state index is -0.351. The molecule has 2 fully saturated rings. The Hall–Kier alpha value is -2.18. The first-order valence-electron chi connectivity index (χ1n) is 8.04. The molecule has 3 atom stereocenters. The zero-order chi connectivity index (χ0) is 16.0. The minimum absolute atomic E-state index is 0.244. The third kappa shape index (κ3) is 2.75. The van der Waals surface area contributed by atoms with Gasteiger partial charge in [-0.25, -0.2) is 4.79 Å². The number of hydrogen-bond acceptors (Lipinski definition) is 5. The van der Waals surface area contributed by atoms with Gasteiger partial charge in [-0.2, -0.15) is 4.98 Å². The van der Waals surface area contributed by atoms with E-state index in [1.807, 2.05) is 18.2 Å². The molecule has 0 spiro atoms. The first-order valence-corrected chi connectivity index (χ1v) is 8.04. The molecule has 1 aliphatic carbocycles. The zero-order valence-corrected chi connectivity index (χ0v) is 12.9. The molecule has 23 heavy (non-hydrogen) atoms. The van der Waals surface area contributed by atoms with E-state index in [0.29, 0.717) is 6.04 Å². The fourth-order valence-electron chi connectivity index (χ4n) is 3.60. The fraction of sp³-hybridized carbons (Fsp3) is 0.412. The quantitative estimate of drug-likeness (QED) is 0.844. The lowest BCUT2D eigenvalue weighted by molar-refractivity contribution is 0.302. The summed E-state index contributed by atoms with van der Waals surface area (Å²) in [5.74, 6) is 1.69. The van der Waals surface area contributed by atoms with E-state index in [4.69, 9.17) is 11.5 Å². The van der Waals surface area contributed by atoms with Gasteiger partial charge in [-0.1, -0.05) is 12.1 Å². The summed E-state index contributed by atoms with van der Waals surface area (Å²) in [7, 11) is 0. The summed E-state index contributed by atoms with van der Waals surface area (Å²) in [6.45, 7) is 3.30. The highest BCUT2D eigenvalue weighted by Crippen LogP contribution is 2.43. The van der Waals surface area contributed by atoms with Crippen LogP contribution in [0.5, 0.6) is 0 Å². The van der Waals surface area contributed by atoms with E-state index in [1.54, 1.807) is 12.3 Å². The molecular formula is C17H21N5O. The molecule has 2 heterocycles. The maximum Gasteiger partial charge on any atom is 0.354 e. The normalized spacial score (nSPS) is 26.2. The van der Waals surface area contributed by atoms with Gasteiger partial charge < -0.3 is 16.4 Å². The molecule has 6 heteroatoms. The second kappa shape index (κ2) is 5.47. The molecule has 1 saturated carbocycles. The van der Waals surface area contributed by atoms with Crippen molar-refractivity contribution in [1.29, 1.82) is 0 Å². The first-order chi connectivity index (χ1) is 11.1. The van der Waals surface area contributed by atoms with Crippen LogP contribution in [-0.2, 0) is 6.42 Å². The van der Waals surface area contributed by atoms with Crippen LogP contribution in [-0.4, -0.2) is 40.1 Å². The lowest BCUT2D eigenvalue weighted by Gasteiger charge is -2.18. The molecule has 6 nitrogen and oxygen atoms in total. The van der Waals surface area contributed by atoms with Gasteiger partial charge in [0.15, 0.2) is 0 Å². The largest absolute Gasteiger partial charge is 0.383 e. The lowest BCUT2D eigenvalue weighted by atomic mass is 10.1. The number of anilines is 1. The van der Waals surface area contributed by atoms with Crippen molar-refractivity contribution in [3.63, 3.8) is 0 Å². The number of aromatic nitrogens is 2. The zero-order valence-electron chi connectivity index (χ0n) is 12.9. The van der Waals surface area contributed by atoms with Crippen LogP contribution in [0.2, 0.25) is 0 Å². The minimum Gasteiger partial charge on any atom is -0.383 e. The molecule has 1 aromatic carbocycles. The van der Waals surface area contributed by atoms with Crippen LogP contribution < -0.4 is 17.2 Å². The van der Waals surface area contributed by atoms with E-state index in [-0.39, 0.29) is 11.5 Å². The van der Waals surface area contributed by atoms with Gasteiger partial charge in [0, 0.05) is 31.9 Å². The van der Waals surface area contributed by atoms with E-state index >= 15 is 0 Å². The van der Waals surface area contributed by atoms with E-state index in [2.05, 4.69) is 16.0 Å². The summed E-state index contributed by atoms with van der Waals surface area (Å²) in [5.41, 5.74) is 13.2. The Bertz CT molecular complexity index is 775. The Morgan fingerprint density at radius 1 is 1.22 bits per heavy atom. The number of nitrogen functional groups attached to an aromatic ring is 1. The van der Waals surface area contributed by atoms with Crippen molar-refractivity contribution in [2.75, 3.05) is 25.4 Å². The van der Waals surface area contributed by atoms with Crippen molar-refractivity contribution in [3.05, 3.63) is 52.6 Å². The number of hydrogen-bond donors (Lipinski definition) is 2.